The van der Waals surface area contributed by atoms with Gasteiger partial charge >= 0.3 is 0 Å². The highest BCUT2D eigenvalue weighted by Gasteiger charge is 2.46. The van der Waals surface area contributed by atoms with Gasteiger partial charge in [0.05, 0.1) is 0 Å². The van der Waals surface area contributed by atoms with Gasteiger partial charge in [0.2, 0.25) is 0 Å². The lowest BCUT2D eigenvalue weighted by atomic mass is 9.62. The molecule has 2 nitrogen and oxygen atoms in total. The zero-order valence-corrected chi connectivity index (χ0v) is 8.90. The maximum Gasteiger partial charge on any atom is 0.0185 e. The highest BCUT2D eigenvalue weighted by Crippen LogP contribution is 2.45. The minimum Gasteiger partial charge on any atom is -0.325 e. The third-order valence-corrected chi connectivity index (χ3v) is 3.90. The van der Waals surface area contributed by atoms with Crippen LogP contribution in [-0.4, -0.2) is 17.1 Å². The Morgan fingerprint density at radius 2 is 1.46 bits per heavy atom. The minimum absolute atomic E-state index is 0.209. The van der Waals surface area contributed by atoms with E-state index in [2.05, 4.69) is 19.2 Å². The van der Waals surface area contributed by atoms with Gasteiger partial charge in [0, 0.05) is 17.1 Å². The van der Waals surface area contributed by atoms with Crippen LogP contribution in [0.15, 0.2) is 0 Å². The van der Waals surface area contributed by atoms with Gasteiger partial charge in [0.25, 0.3) is 0 Å². The van der Waals surface area contributed by atoms with Crippen molar-refractivity contribution in [3.05, 3.63) is 0 Å². The van der Waals surface area contributed by atoms with E-state index in [4.69, 9.17) is 5.73 Å². The zero-order valence-electron chi connectivity index (χ0n) is 8.90. The number of rotatable bonds is 2. The van der Waals surface area contributed by atoms with Gasteiger partial charge in [-0.15, -0.1) is 0 Å². The first kappa shape index (κ1) is 9.47. The van der Waals surface area contributed by atoms with Crippen LogP contribution in [0.1, 0.15) is 52.4 Å². The molecule has 3 N–H and O–H groups in total. The summed E-state index contributed by atoms with van der Waals surface area (Å²) in [5, 5.41) is 3.74. The first-order chi connectivity index (χ1) is 6.04. The fraction of sp³-hybridized carbons (Fsp3) is 1.00. The summed E-state index contributed by atoms with van der Waals surface area (Å²) in [6.07, 6.45) is 7.57. The van der Waals surface area contributed by atoms with Crippen LogP contribution in [-0.2, 0) is 0 Å². The van der Waals surface area contributed by atoms with Crippen LogP contribution >= 0.6 is 0 Å². The first-order valence-corrected chi connectivity index (χ1v) is 5.60. The van der Waals surface area contributed by atoms with E-state index >= 15 is 0 Å². The van der Waals surface area contributed by atoms with E-state index in [1.165, 1.54) is 38.5 Å². The maximum absolute atomic E-state index is 6.26. The molecule has 3 aliphatic rings. The van der Waals surface area contributed by atoms with Crippen LogP contribution in [0.4, 0.5) is 0 Å². The van der Waals surface area contributed by atoms with E-state index in [0.29, 0.717) is 11.6 Å². The number of fused-ring (bicyclic) bond motifs is 3. The fourth-order valence-electron chi connectivity index (χ4n) is 3.04. The lowest BCUT2D eigenvalue weighted by molar-refractivity contribution is 0.0756. The van der Waals surface area contributed by atoms with Gasteiger partial charge in [-0.2, -0.15) is 0 Å². The normalized spacial score (nSPS) is 44.3. The Hall–Kier alpha value is -0.0800. The average molecular weight is 182 g/mol. The second-order valence-electron chi connectivity index (χ2n) is 5.44. The molecule has 0 aromatic heterocycles. The summed E-state index contributed by atoms with van der Waals surface area (Å²) in [7, 11) is 0. The topological polar surface area (TPSA) is 38.0 Å². The SMILES string of the molecule is CC(C)NC12CCC(N)(CC1)CC2. The Balaban J connectivity index is 2.03. The van der Waals surface area contributed by atoms with E-state index in [-0.39, 0.29) is 5.54 Å². The van der Waals surface area contributed by atoms with E-state index in [1.807, 2.05) is 0 Å². The van der Waals surface area contributed by atoms with Crippen LogP contribution in [0.5, 0.6) is 0 Å². The second-order valence-corrected chi connectivity index (χ2v) is 5.44. The standard InChI is InChI=1S/C11H22N2/c1-9(2)13-11-6-3-10(12,4-7-11)5-8-11/h9,13H,3-8,12H2,1-2H3. The lowest BCUT2D eigenvalue weighted by Gasteiger charge is -2.53. The van der Waals surface area contributed by atoms with Gasteiger partial charge < -0.3 is 11.1 Å². The molecule has 0 aromatic rings. The first-order valence-electron chi connectivity index (χ1n) is 5.60. The molecule has 0 radical (unpaired) electrons. The number of nitrogens with one attached hydrogen (secondary N) is 1. The Morgan fingerprint density at radius 1 is 1.00 bits per heavy atom. The molecule has 0 spiro atoms. The quantitative estimate of drug-likeness (QED) is 0.683. The van der Waals surface area contributed by atoms with Crippen molar-refractivity contribution in [3.63, 3.8) is 0 Å². The molecule has 0 amide bonds. The van der Waals surface area contributed by atoms with Crippen molar-refractivity contribution >= 4 is 0 Å². The Bertz CT molecular complexity index is 174. The molecular formula is C11H22N2. The second kappa shape index (κ2) is 2.96. The highest BCUT2D eigenvalue weighted by molar-refractivity contribution is 5.07. The van der Waals surface area contributed by atoms with Crippen molar-refractivity contribution in [1.82, 2.24) is 5.32 Å². The molecule has 3 rings (SSSR count). The van der Waals surface area contributed by atoms with Crippen molar-refractivity contribution < 1.29 is 0 Å². The minimum atomic E-state index is 0.209. The molecule has 2 heteroatoms. The number of hydrogen-bond donors (Lipinski definition) is 2. The van der Waals surface area contributed by atoms with Crippen molar-refractivity contribution in [2.45, 2.75) is 69.5 Å². The third-order valence-electron chi connectivity index (χ3n) is 3.90. The summed E-state index contributed by atoms with van der Waals surface area (Å²) in [4.78, 5) is 0. The van der Waals surface area contributed by atoms with E-state index in [0.717, 1.165) is 0 Å². The average Bonchev–Trinajstić information content (AvgIpc) is 2.07. The van der Waals surface area contributed by atoms with Gasteiger partial charge in [-0.05, 0) is 38.5 Å². The summed E-state index contributed by atoms with van der Waals surface area (Å²) in [6.45, 7) is 4.49. The molecule has 0 unspecified atom stereocenters. The van der Waals surface area contributed by atoms with Crippen molar-refractivity contribution in [2.75, 3.05) is 0 Å². The number of nitrogens with two attached hydrogens (primary N) is 1. The molecule has 3 aliphatic carbocycles. The molecule has 0 heterocycles. The van der Waals surface area contributed by atoms with E-state index in [9.17, 15) is 0 Å². The predicted molar refractivity (Wildman–Crippen MR) is 55.6 cm³/mol. The molecule has 13 heavy (non-hydrogen) atoms. The fourth-order valence-corrected chi connectivity index (χ4v) is 3.04. The molecule has 0 aliphatic heterocycles. The van der Waals surface area contributed by atoms with E-state index < -0.39 is 0 Å². The Labute approximate surface area is 81.3 Å². The summed E-state index contributed by atoms with van der Waals surface area (Å²) >= 11 is 0. The number of hydrogen-bond acceptors (Lipinski definition) is 2. The van der Waals surface area contributed by atoms with Crippen LogP contribution in [0, 0.1) is 0 Å². The molecule has 3 saturated carbocycles. The van der Waals surface area contributed by atoms with Crippen LogP contribution in [0.25, 0.3) is 0 Å². The predicted octanol–water partition coefficient (Wildman–Crippen LogP) is 1.79. The summed E-state index contributed by atoms with van der Waals surface area (Å²) in [6, 6.07) is 0.614. The van der Waals surface area contributed by atoms with Gasteiger partial charge in [-0.1, -0.05) is 13.8 Å². The lowest BCUT2D eigenvalue weighted by Crippen LogP contribution is -2.61. The monoisotopic (exact) mass is 182 g/mol. The zero-order chi connectivity index (χ0) is 9.53. The van der Waals surface area contributed by atoms with Gasteiger partial charge in [0.1, 0.15) is 0 Å². The molecule has 3 fully saturated rings. The van der Waals surface area contributed by atoms with Gasteiger partial charge in [-0.25, -0.2) is 0 Å². The smallest absolute Gasteiger partial charge is 0.0185 e. The summed E-state index contributed by atoms with van der Waals surface area (Å²) in [5.41, 5.74) is 6.92. The largest absolute Gasteiger partial charge is 0.325 e. The van der Waals surface area contributed by atoms with Crippen molar-refractivity contribution in [1.29, 1.82) is 0 Å². The van der Waals surface area contributed by atoms with E-state index in [1.54, 1.807) is 0 Å². The molecule has 0 aromatic carbocycles. The van der Waals surface area contributed by atoms with Crippen molar-refractivity contribution in [2.24, 2.45) is 5.73 Å². The summed E-state index contributed by atoms with van der Waals surface area (Å²) in [5.74, 6) is 0. The highest BCUT2D eigenvalue weighted by atomic mass is 15.0. The molecule has 0 atom stereocenters. The van der Waals surface area contributed by atoms with Gasteiger partial charge in [-0.3, -0.25) is 0 Å². The third kappa shape index (κ3) is 1.75. The molecule has 0 saturated heterocycles. The van der Waals surface area contributed by atoms with Gasteiger partial charge in [0.15, 0.2) is 0 Å². The van der Waals surface area contributed by atoms with Crippen LogP contribution in [0.3, 0.4) is 0 Å². The molecule has 76 valence electrons. The van der Waals surface area contributed by atoms with Crippen LogP contribution < -0.4 is 11.1 Å². The summed E-state index contributed by atoms with van der Waals surface area (Å²) < 4.78 is 0. The Kier molecular flexibility index (Phi) is 2.16. The van der Waals surface area contributed by atoms with Crippen LogP contribution in [0.2, 0.25) is 0 Å². The molecule has 2 bridgehead atoms. The Morgan fingerprint density at radius 3 is 1.85 bits per heavy atom. The van der Waals surface area contributed by atoms with Crippen molar-refractivity contribution in [3.8, 4) is 0 Å². The molecular weight excluding hydrogens is 160 g/mol. The maximum atomic E-state index is 6.26.